The molecule has 0 saturated carbocycles. The molecule has 0 atom stereocenters. The van der Waals surface area contributed by atoms with E-state index in [1.165, 1.54) is 0 Å². The van der Waals surface area contributed by atoms with Crippen molar-refractivity contribution < 1.29 is 19.1 Å². The molecule has 1 saturated heterocycles. The van der Waals surface area contributed by atoms with Crippen molar-refractivity contribution in [2.45, 2.75) is 43.5 Å². The Labute approximate surface area is 169 Å². The van der Waals surface area contributed by atoms with Gasteiger partial charge in [0.1, 0.15) is 0 Å². The molecule has 0 bridgehead atoms. The average Bonchev–Trinajstić information content (AvgIpc) is 2.72. The molecule has 7 nitrogen and oxygen atoms in total. The van der Waals surface area contributed by atoms with Crippen LogP contribution < -0.4 is 10.2 Å². The molecule has 2 heterocycles. The summed E-state index contributed by atoms with van der Waals surface area (Å²) < 4.78 is 5.00. The van der Waals surface area contributed by atoms with Crippen LogP contribution in [-0.2, 0) is 14.3 Å². The molecule has 3 amide bonds. The van der Waals surface area contributed by atoms with Gasteiger partial charge in [-0.2, -0.15) is 0 Å². The molecular formula is C20H27N3O4S. The predicted molar refractivity (Wildman–Crippen MR) is 109 cm³/mol. The van der Waals surface area contributed by atoms with E-state index >= 15 is 0 Å². The third-order valence-electron chi connectivity index (χ3n) is 4.98. The van der Waals surface area contributed by atoms with Crippen molar-refractivity contribution in [1.82, 2.24) is 10.2 Å². The van der Waals surface area contributed by atoms with E-state index in [1.54, 1.807) is 28.5 Å². The second-order valence-electron chi connectivity index (χ2n) is 6.89. The van der Waals surface area contributed by atoms with Crippen molar-refractivity contribution in [1.29, 1.82) is 0 Å². The molecule has 1 aromatic carbocycles. The Morgan fingerprint density at radius 2 is 1.89 bits per heavy atom. The second kappa shape index (κ2) is 9.82. The van der Waals surface area contributed by atoms with Crippen LogP contribution in [0, 0.1) is 0 Å². The average molecular weight is 406 g/mol. The van der Waals surface area contributed by atoms with Gasteiger partial charge in [-0.25, -0.2) is 4.79 Å². The minimum atomic E-state index is -0.294. The van der Waals surface area contributed by atoms with Crippen molar-refractivity contribution >= 4 is 35.4 Å². The number of rotatable bonds is 5. The van der Waals surface area contributed by atoms with Crippen molar-refractivity contribution in [3.05, 3.63) is 24.3 Å². The summed E-state index contributed by atoms with van der Waals surface area (Å²) in [6, 6.07) is 7.92. The lowest BCUT2D eigenvalue weighted by Crippen LogP contribution is -2.46. The van der Waals surface area contributed by atoms with Crippen molar-refractivity contribution in [3.63, 3.8) is 0 Å². The molecule has 1 aromatic rings. The van der Waals surface area contributed by atoms with E-state index in [2.05, 4.69) is 5.32 Å². The van der Waals surface area contributed by atoms with Gasteiger partial charge in [0.05, 0.1) is 12.3 Å². The Kier molecular flexibility index (Phi) is 7.19. The number of carbonyl (C=O) groups excluding carboxylic acids is 3. The number of thioether (sulfide) groups is 1. The van der Waals surface area contributed by atoms with Crippen LogP contribution >= 0.6 is 11.8 Å². The van der Waals surface area contributed by atoms with E-state index in [-0.39, 0.29) is 36.8 Å². The van der Waals surface area contributed by atoms with E-state index in [1.807, 2.05) is 24.3 Å². The van der Waals surface area contributed by atoms with Crippen LogP contribution in [-0.4, -0.2) is 60.8 Å². The molecular weight excluding hydrogens is 378 g/mol. The Morgan fingerprint density at radius 3 is 2.64 bits per heavy atom. The summed E-state index contributed by atoms with van der Waals surface area (Å²) in [6.45, 7) is 3.97. The summed E-state index contributed by atoms with van der Waals surface area (Å²) in [4.78, 5) is 41.2. The molecule has 0 aliphatic carbocycles. The first-order valence-electron chi connectivity index (χ1n) is 9.81. The number of para-hydroxylation sites is 1. The highest BCUT2D eigenvalue weighted by Gasteiger charge is 2.26. The third-order valence-corrected chi connectivity index (χ3v) is 6.02. The van der Waals surface area contributed by atoms with Gasteiger partial charge in [-0.1, -0.05) is 12.1 Å². The quantitative estimate of drug-likeness (QED) is 0.815. The Bertz CT molecular complexity index is 719. The zero-order valence-electron chi connectivity index (χ0n) is 16.2. The van der Waals surface area contributed by atoms with Gasteiger partial charge in [-0.3, -0.25) is 9.59 Å². The normalized spacial score (nSPS) is 17.0. The van der Waals surface area contributed by atoms with E-state index in [0.29, 0.717) is 39.1 Å². The lowest BCUT2D eigenvalue weighted by molar-refractivity contribution is -0.125. The predicted octanol–water partition coefficient (Wildman–Crippen LogP) is 2.64. The highest BCUT2D eigenvalue weighted by atomic mass is 32.2. The van der Waals surface area contributed by atoms with E-state index in [9.17, 15) is 14.4 Å². The molecule has 0 aromatic heterocycles. The van der Waals surface area contributed by atoms with Gasteiger partial charge in [-0.05, 0) is 31.9 Å². The smallest absolute Gasteiger partial charge is 0.409 e. The largest absolute Gasteiger partial charge is 0.450 e. The number of nitrogens with zero attached hydrogens (tertiary/aromatic N) is 2. The number of ether oxygens (including phenoxy) is 1. The van der Waals surface area contributed by atoms with Gasteiger partial charge in [0.2, 0.25) is 11.8 Å². The molecule has 28 heavy (non-hydrogen) atoms. The van der Waals surface area contributed by atoms with Crippen LogP contribution in [0.2, 0.25) is 0 Å². The molecule has 2 aliphatic rings. The fraction of sp³-hybridized carbons (Fsp3) is 0.550. The SMILES string of the molecule is CCOC(=O)N1CCC(NC(=O)CCC(=O)N2CCSc3ccccc32)CC1. The van der Waals surface area contributed by atoms with Crippen LogP contribution in [0.1, 0.15) is 32.6 Å². The number of benzene rings is 1. The van der Waals surface area contributed by atoms with Gasteiger partial charge in [-0.15, -0.1) is 11.8 Å². The summed E-state index contributed by atoms with van der Waals surface area (Å²) in [5.74, 6) is 0.746. The Hall–Kier alpha value is -2.22. The zero-order valence-corrected chi connectivity index (χ0v) is 17.0. The van der Waals surface area contributed by atoms with Gasteiger partial charge in [0.15, 0.2) is 0 Å². The number of likely N-dealkylation sites (tertiary alicyclic amines) is 1. The maximum Gasteiger partial charge on any atom is 0.409 e. The molecule has 1 fully saturated rings. The van der Waals surface area contributed by atoms with Gasteiger partial charge in [0.25, 0.3) is 0 Å². The van der Waals surface area contributed by atoms with Gasteiger partial charge in [0, 0.05) is 49.2 Å². The molecule has 2 aliphatic heterocycles. The van der Waals surface area contributed by atoms with Gasteiger partial charge < -0.3 is 19.9 Å². The fourth-order valence-corrected chi connectivity index (χ4v) is 4.50. The van der Waals surface area contributed by atoms with Crippen LogP contribution in [0.3, 0.4) is 0 Å². The van der Waals surface area contributed by atoms with Crippen molar-refractivity contribution in [3.8, 4) is 0 Å². The molecule has 152 valence electrons. The lowest BCUT2D eigenvalue weighted by atomic mass is 10.1. The van der Waals surface area contributed by atoms with Crippen LogP contribution in [0.5, 0.6) is 0 Å². The first kappa shape index (κ1) is 20.5. The number of hydrogen-bond acceptors (Lipinski definition) is 5. The number of nitrogens with one attached hydrogen (secondary N) is 1. The molecule has 3 rings (SSSR count). The first-order chi connectivity index (χ1) is 13.6. The maximum atomic E-state index is 12.6. The highest BCUT2D eigenvalue weighted by molar-refractivity contribution is 7.99. The summed E-state index contributed by atoms with van der Waals surface area (Å²) in [7, 11) is 0. The standard InChI is InChI=1S/C20H27N3O4S/c1-2-27-20(26)22-11-9-15(10-12-22)21-18(24)7-8-19(25)23-13-14-28-17-6-4-3-5-16(17)23/h3-6,15H,2,7-14H2,1H3,(H,21,24). The van der Waals surface area contributed by atoms with E-state index < -0.39 is 0 Å². The van der Waals surface area contributed by atoms with Crippen LogP contribution in [0.4, 0.5) is 10.5 Å². The number of carbonyl (C=O) groups is 3. The third kappa shape index (κ3) is 5.19. The number of piperidine rings is 1. The number of hydrogen-bond donors (Lipinski definition) is 1. The van der Waals surface area contributed by atoms with Crippen LogP contribution in [0.25, 0.3) is 0 Å². The number of anilines is 1. The first-order valence-corrected chi connectivity index (χ1v) is 10.8. The highest BCUT2D eigenvalue weighted by Crippen LogP contribution is 2.34. The molecule has 0 radical (unpaired) electrons. The second-order valence-corrected chi connectivity index (χ2v) is 8.03. The minimum Gasteiger partial charge on any atom is -0.450 e. The van der Waals surface area contributed by atoms with Crippen molar-refractivity contribution in [2.75, 3.05) is 36.9 Å². The molecule has 1 N–H and O–H groups in total. The van der Waals surface area contributed by atoms with Gasteiger partial charge >= 0.3 is 6.09 Å². The summed E-state index contributed by atoms with van der Waals surface area (Å²) in [6.07, 6.45) is 1.50. The molecule has 0 spiro atoms. The van der Waals surface area contributed by atoms with E-state index in [4.69, 9.17) is 4.74 Å². The van der Waals surface area contributed by atoms with Crippen molar-refractivity contribution in [2.24, 2.45) is 0 Å². The van der Waals surface area contributed by atoms with Crippen LogP contribution in [0.15, 0.2) is 29.2 Å². The monoisotopic (exact) mass is 405 g/mol. The summed E-state index contributed by atoms with van der Waals surface area (Å²) in [5, 5.41) is 3.00. The fourth-order valence-electron chi connectivity index (χ4n) is 3.51. The number of amides is 3. The Balaban J connectivity index is 1.42. The molecule has 8 heteroatoms. The minimum absolute atomic E-state index is 0.0139. The maximum absolute atomic E-state index is 12.6. The summed E-state index contributed by atoms with van der Waals surface area (Å²) >= 11 is 1.75. The van der Waals surface area contributed by atoms with E-state index in [0.717, 1.165) is 16.3 Å². The Morgan fingerprint density at radius 1 is 1.14 bits per heavy atom. The molecule has 0 unspecified atom stereocenters. The zero-order chi connectivity index (χ0) is 19.9. The topological polar surface area (TPSA) is 79.0 Å². The summed E-state index contributed by atoms with van der Waals surface area (Å²) in [5.41, 5.74) is 0.940. The number of fused-ring (bicyclic) bond motifs is 1. The lowest BCUT2D eigenvalue weighted by Gasteiger charge is -2.31.